The minimum atomic E-state index is -1.27. The van der Waals surface area contributed by atoms with E-state index in [1.807, 2.05) is 0 Å². The third-order valence-corrected chi connectivity index (χ3v) is 1.94. The minimum Gasteiger partial charge on any atom is -0.482 e. The predicted octanol–water partition coefficient (Wildman–Crippen LogP) is 1.10. The number of halogens is 1. The molecule has 14 heavy (non-hydrogen) atoms. The molecule has 5 heteroatoms. The lowest BCUT2D eigenvalue weighted by Crippen LogP contribution is -2.01. The normalized spacial score (nSPS) is 13.6. The maximum absolute atomic E-state index is 13.1. The van der Waals surface area contributed by atoms with Crippen molar-refractivity contribution >= 4 is 11.8 Å². The van der Waals surface area contributed by atoms with Crippen LogP contribution in [0.1, 0.15) is 20.7 Å². The van der Waals surface area contributed by atoms with Crippen LogP contribution >= 0.6 is 0 Å². The molecule has 1 aromatic rings. The molecule has 1 N–H and O–H groups in total. The lowest BCUT2D eigenvalue weighted by atomic mass is 10.1. The van der Waals surface area contributed by atoms with E-state index >= 15 is 0 Å². The fourth-order valence-corrected chi connectivity index (χ4v) is 1.29. The molecule has 1 aromatic carbocycles. The SMILES string of the molecule is O=C(O)c1cc(F)c2c(c1)C(=O)CO2. The Kier molecular flexibility index (Phi) is 1.73. The molecule has 0 fully saturated rings. The number of Topliss-reactive ketones (excluding diaryl/α,β-unsaturated/α-hetero) is 1. The van der Waals surface area contributed by atoms with Crippen LogP contribution < -0.4 is 4.74 Å². The van der Waals surface area contributed by atoms with Crippen molar-refractivity contribution in [2.45, 2.75) is 0 Å². The summed E-state index contributed by atoms with van der Waals surface area (Å²) in [6.45, 7) is -0.227. The summed E-state index contributed by atoms with van der Waals surface area (Å²) in [7, 11) is 0. The van der Waals surface area contributed by atoms with Crippen LogP contribution in [0.3, 0.4) is 0 Å². The number of hydrogen-bond acceptors (Lipinski definition) is 3. The van der Waals surface area contributed by atoms with E-state index < -0.39 is 17.6 Å². The second-order valence-corrected chi connectivity index (χ2v) is 2.85. The van der Waals surface area contributed by atoms with Gasteiger partial charge >= 0.3 is 5.97 Å². The third kappa shape index (κ3) is 1.14. The Labute approximate surface area is 77.9 Å². The van der Waals surface area contributed by atoms with Gasteiger partial charge in [-0.2, -0.15) is 0 Å². The number of carbonyl (C=O) groups is 2. The first-order valence-electron chi connectivity index (χ1n) is 3.82. The summed E-state index contributed by atoms with van der Waals surface area (Å²) < 4.78 is 17.9. The first-order chi connectivity index (χ1) is 6.59. The number of ketones is 1. The van der Waals surface area contributed by atoms with Gasteiger partial charge in [0.25, 0.3) is 0 Å². The summed E-state index contributed by atoms with van der Waals surface area (Å²) >= 11 is 0. The predicted molar refractivity (Wildman–Crippen MR) is 43.2 cm³/mol. The summed E-state index contributed by atoms with van der Waals surface area (Å²) in [4.78, 5) is 21.6. The number of rotatable bonds is 1. The number of aromatic carboxylic acids is 1. The van der Waals surface area contributed by atoms with E-state index in [1.165, 1.54) is 0 Å². The fourth-order valence-electron chi connectivity index (χ4n) is 1.29. The molecule has 2 rings (SSSR count). The number of carbonyl (C=O) groups excluding carboxylic acids is 1. The summed E-state index contributed by atoms with van der Waals surface area (Å²) in [5, 5.41) is 8.61. The number of carboxylic acids is 1. The number of hydrogen-bond donors (Lipinski definition) is 1. The van der Waals surface area contributed by atoms with E-state index in [2.05, 4.69) is 0 Å². The second-order valence-electron chi connectivity index (χ2n) is 2.85. The largest absolute Gasteiger partial charge is 0.482 e. The van der Waals surface area contributed by atoms with Crippen molar-refractivity contribution in [3.05, 3.63) is 29.1 Å². The number of carboxylic acid groups (broad SMARTS) is 1. The van der Waals surface area contributed by atoms with E-state index in [9.17, 15) is 14.0 Å². The van der Waals surface area contributed by atoms with Gasteiger partial charge in [0.1, 0.15) is 0 Å². The van der Waals surface area contributed by atoms with E-state index in [4.69, 9.17) is 9.84 Å². The topological polar surface area (TPSA) is 63.6 Å². The molecule has 1 aliphatic heterocycles. The molecule has 0 radical (unpaired) electrons. The summed E-state index contributed by atoms with van der Waals surface area (Å²) in [6, 6.07) is 1.95. The van der Waals surface area contributed by atoms with Crippen LogP contribution in [0, 0.1) is 5.82 Å². The van der Waals surface area contributed by atoms with Gasteiger partial charge in [0, 0.05) is 0 Å². The molecule has 4 nitrogen and oxygen atoms in total. The van der Waals surface area contributed by atoms with Crippen molar-refractivity contribution in [2.24, 2.45) is 0 Å². The molecule has 0 saturated heterocycles. The Morgan fingerprint density at radius 2 is 2.21 bits per heavy atom. The van der Waals surface area contributed by atoms with Crippen LogP contribution in [0.25, 0.3) is 0 Å². The fraction of sp³-hybridized carbons (Fsp3) is 0.111. The van der Waals surface area contributed by atoms with E-state index in [0.717, 1.165) is 12.1 Å². The van der Waals surface area contributed by atoms with Gasteiger partial charge < -0.3 is 9.84 Å². The maximum Gasteiger partial charge on any atom is 0.335 e. The van der Waals surface area contributed by atoms with Gasteiger partial charge in [-0.3, -0.25) is 4.79 Å². The highest BCUT2D eigenvalue weighted by Gasteiger charge is 2.26. The molecule has 0 saturated carbocycles. The first-order valence-corrected chi connectivity index (χ1v) is 3.82. The summed E-state index contributed by atoms with van der Waals surface area (Å²) in [5.41, 5.74) is -0.248. The van der Waals surface area contributed by atoms with Gasteiger partial charge in [-0.05, 0) is 12.1 Å². The Hall–Kier alpha value is -1.91. The molecule has 0 aliphatic carbocycles. The molecule has 72 valence electrons. The van der Waals surface area contributed by atoms with Crippen molar-refractivity contribution in [3.8, 4) is 5.75 Å². The van der Waals surface area contributed by atoms with Crippen molar-refractivity contribution in [2.75, 3.05) is 6.61 Å². The van der Waals surface area contributed by atoms with Crippen molar-refractivity contribution < 1.29 is 23.8 Å². The zero-order chi connectivity index (χ0) is 10.3. The number of fused-ring (bicyclic) bond motifs is 1. The monoisotopic (exact) mass is 196 g/mol. The van der Waals surface area contributed by atoms with E-state index in [1.54, 1.807) is 0 Å². The van der Waals surface area contributed by atoms with Gasteiger partial charge in [-0.1, -0.05) is 0 Å². The number of benzene rings is 1. The lowest BCUT2D eigenvalue weighted by Gasteiger charge is -2.00. The van der Waals surface area contributed by atoms with Crippen LogP contribution in [0.15, 0.2) is 12.1 Å². The van der Waals surface area contributed by atoms with E-state index in [0.29, 0.717) is 0 Å². The van der Waals surface area contributed by atoms with Gasteiger partial charge in [0.15, 0.2) is 18.2 Å². The summed E-state index contributed by atoms with van der Waals surface area (Å²) in [5.74, 6) is -2.64. The molecule has 0 aromatic heterocycles. The highest BCUT2D eigenvalue weighted by molar-refractivity contribution is 6.04. The molecule has 1 heterocycles. The standard InChI is InChI=1S/C9H5FO4/c10-6-2-4(9(12)13)1-5-7(11)3-14-8(5)6/h1-2H,3H2,(H,12,13). The van der Waals surface area contributed by atoms with Crippen molar-refractivity contribution in [1.82, 2.24) is 0 Å². The minimum absolute atomic E-state index is 0.00222. The lowest BCUT2D eigenvalue weighted by molar-refractivity contribution is 0.0696. The third-order valence-electron chi connectivity index (χ3n) is 1.94. The average molecular weight is 196 g/mol. The summed E-state index contributed by atoms with van der Waals surface area (Å²) in [6.07, 6.45) is 0. The molecule has 0 spiro atoms. The Balaban J connectivity index is 2.64. The molecular formula is C9H5FO4. The Bertz CT molecular complexity index is 439. The number of ether oxygens (including phenoxy) is 1. The van der Waals surface area contributed by atoms with Crippen LogP contribution in [0.4, 0.5) is 4.39 Å². The Morgan fingerprint density at radius 3 is 2.86 bits per heavy atom. The highest BCUT2D eigenvalue weighted by atomic mass is 19.1. The van der Waals surface area contributed by atoms with Crippen molar-refractivity contribution in [1.29, 1.82) is 0 Å². The first kappa shape index (κ1) is 8.68. The van der Waals surface area contributed by atoms with Crippen LogP contribution in [0.5, 0.6) is 5.75 Å². The van der Waals surface area contributed by atoms with E-state index in [-0.39, 0.29) is 23.5 Å². The van der Waals surface area contributed by atoms with Gasteiger partial charge in [0.05, 0.1) is 11.1 Å². The molecule has 0 atom stereocenters. The Morgan fingerprint density at radius 1 is 1.50 bits per heavy atom. The van der Waals surface area contributed by atoms with Crippen molar-refractivity contribution in [3.63, 3.8) is 0 Å². The molecule has 0 bridgehead atoms. The maximum atomic E-state index is 13.1. The van der Waals surface area contributed by atoms with Crippen LogP contribution in [0.2, 0.25) is 0 Å². The van der Waals surface area contributed by atoms with Crippen LogP contribution in [-0.2, 0) is 0 Å². The second kappa shape index (κ2) is 2.80. The molecule has 0 unspecified atom stereocenters. The van der Waals surface area contributed by atoms with Gasteiger partial charge in [-0.15, -0.1) is 0 Å². The average Bonchev–Trinajstić information content (AvgIpc) is 2.48. The zero-order valence-corrected chi connectivity index (χ0v) is 6.91. The zero-order valence-electron chi connectivity index (χ0n) is 6.91. The molecular weight excluding hydrogens is 191 g/mol. The molecule has 1 aliphatic rings. The van der Waals surface area contributed by atoms with Gasteiger partial charge in [0.2, 0.25) is 5.78 Å². The van der Waals surface area contributed by atoms with Crippen LogP contribution in [-0.4, -0.2) is 23.5 Å². The smallest absolute Gasteiger partial charge is 0.335 e. The molecule has 0 amide bonds. The highest BCUT2D eigenvalue weighted by Crippen LogP contribution is 2.29. The quantitative estimate of drug-likeness (QED) is 0.730. The van der Waals surface area contributed by atoms with Gasteiger partial charge in [-0.25, -0.2) is 9.18 Å².